The molecule has 6 aromatic carbocycles. The molecule has 65 heavy (non-hydrogen) atoms. The molecule has 1 heterocycles. The Kier molecular flexibility index (Phi) is 13.5. The Bertz CT molecular complexity index is 3290. The van der Waals surface area contributed by atoms with E-state index in [-0.39, 0.29) is 0 Å². The molecule has 0 fully saturated rings. The van der Waals surface area contributed by atoms with Gasteiger partial charge in [-0.2, -0.15) is 0 Å². The molecule has 1 aromatic heterocycles. The summed E-state index contributed by atoms with van der Waals surface area (Å²) >= 11 is 0. The molecule has 0 aliphatic rings. The Morgan fingerprint density at radius 3 is 1.25 bits per heavy atom. The van der Waals surface area contributed by atoms with Crippen molar-refractivity contribution in [1.82, 2.24) is 0 Å². The van der Waals surface area contributed by atoms with Crippen molar-refractivity contribution in [1.29, 1.82) is 0 Å². The van der Waals surface area contributed by atoms with Gasteiger partial charge in [-0.05, 0) is 66.1 Å². The quantitative estimate of drug-likeness (QED) is 0.0888. The summed E-state index contributed by atoms with van der Waals surface area (Å²) in [7, 11) is 56.0. The second kappa shape index (κ2) is 17.8. The molecular formula is C40H54B24O. The smallest absolute Gasteiger partial charge is 0.145 e. The Hall–Kier alpha value is -3.58. The van der Waals surface area contributed by atoms with Crippen LogP contribution in [0.1, 0.15) is 11.3 Å². The first-order chi connectivity index (χ1) is 30.3. The van der Waals surface area contributed by atoms with E-state index in [9.17, 15) is 0 Å². The van der Waals surface area contributed by atoms with Gasteiger partial charge in [0.2, 0.25) is 0 Å². The molecule has 25 heteroatoms. The Balaban J connectivity index is 1.83. The topological polar surface area (TPSA) is 13.1 Å². The molecule has 0 bridgehead atoms. The Morgan fingerprint density at radius 2 is 0.800 bits per heavy atom. The van der Waals surface area contributed by atoms with Gasteiger partial charge in [-0.25, -0.2) is 0 Å². The second-order valence-electron chi connectivity index (χ2n) is 20.7. The number of furan rings is 1. The van der Waals surface area contributed by atoms with Gasteiger partial charge in [0.05, 0.1) is 0 Å². The molecule has 0 saturated heterocycles. The fourth-order valence-electron chi connectivity index (χ4n) is 11.6. The van der Waals surface area contributed by atoms with Crippen molar-refractivity contribution in [3.63, 3.8) is 0 Å². The van der Waals surface area contributed by atoms with E-state index in [1.165, 1.54) is 175 Å². The molecule has 0 amide bonds. The summed E-state index contributed by atoms with van der Waals surface area (Å²) in [6.07, 6.45) is 5.98. The SMILES string of the molecule is BCC(B)\C(B)=C(B)/C=C/C(=C(/B)c1cc2c(o1)c(B)c(B)c1c(B)c(B)c(B)c(B)c12)c1c2c(B)c(B)c(B)c(B)c2c(-c2c(B)c(B)c(B)c(B)c2B)c2c(B)c(B)c(B)c(B)c12. The monoisotopic (exact) mass is 815 g/mol. The van der Waals surface area contributed by atoms with Crippen LogP contribution in [0.5, 0.6) is 0 Å². The van der Waals surface area contributed by atoms with Crippen molar-refractivity contribution in [3.05, 3.63) is 40.5 Å². The predicted molar refractivity (Wildman–Crippen MR) is 370 cm³/mol. The van der Waals surface area contributed by atoms with Crippen LogP contribution < -0.4 is 104 Å². The zero-order valence-corrected chi connectivity index (χ0v) is 44.9. The first-order valence-corrected chi connectivity index (χ1v) is 24.4. The molecule has 0 aliphatic heterocycles. The first kappa shape index (κ1) is 49.3. The maximum Gasteiger partial charge on any atom is 0.145 e. The molecule has 0 saturated carbocycles. The number of hydrogen-bond acceptors (Lipinski definition) is 1. The van der Waals surface area contributed by atoms with Crippen LogP contribution in [0.4, 0.5) is 0 Å². The summed E-state index contributed by atoms with van der Waals surface area (Å²) < 4.78 is 7.30. The van der Waals surface area contributed by atoms with Crippen LogP contribution >= 0.6 is 0 Å². The maximum absolute atomic E-state index is 7.30. The van der Waals surface area contributed by atoms with Gasteiger partial charge in [-0.15, -0.1) is 54.6 Å². The molecule has 1 nitrogen and oxygen atoms in total. The van der Waals surface area contributed by atoms with E-state index in [4.69, 9.17) is 4.42 Å². The summed E-state index contributed by atoms with van der Waals surface area (Å²) in [6, 6.07) is 2.38. The summed E-state index contributed by atoms with van der Waals surface area (Å²) in [5, 5.41) is 9.40. The van der Waals surface area contributed by atoms with Crippen LogP contribution in [0.15, 0.2) is 33.6 Å². The highest BCUT2D eigenvalue weighted by Crippen LogP contribution is 2.41. The lowest BCUT2D eigenvalue weighted by Gasteiger charge is -2.31. The van der Waals surface area contributed by atoms with E-state index in [1.54, 1.807) is 0 Å². The van der Waals surface area contributed by atoms with Crippen molar-refractivity contribution in [2.24, 2.45) is 0 Å². The van der Waals surface area contributed by atoms with E-state index < -0.39 is 0 Å². The molecule has 0 radical (unpaired) electrons. The Morgan fingerprint density at radius 1 is 0.431 bits per heavy atom. The summed E-state index contributed by atoms with van der Waals surface area (Å²) in [5.41, 5.74) is 36.2. The van der Waals surface area contributed by atoms with E-state index in [0.29, 0.717) is 5.82 Å². The van der Waals surface area contributed by atoms with Crippen LogP contribution in [0.3, 0.4) is 0 Å². The lowest BCUT2D eigenvalue weighted by Crippen LogP contribution is -2.55. The summed E-state index contributed by atoms with van der Waals surface area (Å²) in [5.74, 6) is 1.44. The molecule has 0 spiro atoms. The summed E-state index contributed by atoms with van der Waals surface area (Å²) in [6.45, 7) is 0. The van der Waals surface area contributed by atoms with Crippen molar-refractivity contribution < 1.29 is 4.42 Å². The van der Waals surface area contributed by atoms with Crippen molar-refractivity contribution in [2.75, 3.05) is 0 Å². The Labute approximate surface area is 412 Å². The lowest BCUT2D eigenvalue weighted by atomic mass is 9.56. The number of benzene rings is 6. The highest BCUT2D eigenvalue weighted by molar-refractivity contribution is 6.75. The molecule has 292 valence electrons. The van der Waals surface area contributed by atoms with Gasteiger partial charge in [-0.1, -0.05) is 84.4 Å². The second-order valence-corrected chi connectivity index (χ2v) is 20.7. The minimum absolute atomic E-state index is 0.502. The number of rotatable bonds is 7. The van der Waals surface area contributed by atoms with Crippen molar-refractivity contribution in [2.45, 2.75) is 12.1 Å². The van der Waals surface area contributed by atoms with Gasteiger partial charge < -0.3 is 4.42 Å². The van der Waals surface area contributed by atoms with Crippen LogP contribution in [-0.2, 0) is 0 Å². The highest BCUT2D eigenvalue weighted by Gasteiger charge is 2.29. The third kappa shape index (κ3) is 7.36. The number of fused-ring (bicyclic) bond motifs is 5. The van der Waals surface area contributed by atoms with Gasteiger partial charge in [0.25, 0.3) is 0 Å². The third-order valence-electron chi connectivity index (χ3n) is 18.1. The first-order valence-electron chi connectivity index (χ1n) is 24.4. The van der Waals surface area contributed by atoms with Crippen molar-refractivity contribution >= 4 is 346 Å². The number of allylic oxidation sites excluding steroid dienone is 5. The average Bonchev–Trinajstić information content (AvgIpc) is 3.74. The zero-order chi connectivity index (χ0) is 48.3. The predicted octanol–water partition coefficient (Wildman–Crippen LogP) is -26.5. The van der Waals surface area contributed by atoms with Gasteiger partial charge in [0.15, 0.2) is 0 Å². The molecule has 7 rings (SSSR count). The third-order valence-corrected chi connectivity index (χ3v) is 18.1. The molecule has 1 unspecified atom stereocenters. The maximum atomic E-state index is 7.30. The van der Waals surface area contributed by atoms with Crippen LogP contribution in [0.25, 0.3) is 65.5 Å². The molecule has 7 aromatic rings. The van der Waals surface area contributed by atoms with Crippen molar-refractivity contribution in [3.8, 4) is 11.1 Å². The van der Waals surface area contributed by atoms with E-state index in [1.807, 2.05) is 0 Å². The minimum Gasteiger partial charge on any atom is -0.458 e. The van der Waals surface area contributed by atoms with Crippen LogP contribution in [0.2, 0.25) is 12.1 Å². The van der Waals surface area contributed by atoms with Gasteiger partial charge in [0, 0.05) is 5.39 Å². The molecular weight excluding hydrogens is 756 g/mol. The fourth-order valence-corrected chi connectivity index (χ4v) is 11.6. The molecule has 0 aliphatic carbocycles. The molecule has 1 atom stereocenters. The summed E-state index contributed by atoms with van der Waals surface area (Å²) in [4.78, 5) is 0. The van der Waals surface area contributed by atoms with Crippen LogP contribution in [0, 0.1) is 0 Å². The fraction of sp³-hybridized carbons (Fsp3) is 0.0500. The standard InChI is InChI=1S/C40H54B24O/c41-4-8(43)20(45)7(42)2-1-5(19(44)9-3-6-11-17(29(54)39(64)40(6)65-9)26(51)35(60)30(55)21(11)46)10-13-15(24(49)33(58)31(56)22(13)47)12(16-14(10)23(48)32(57)34(59)25(16)50)18-27(52)36(61)38(63)37(62)28(18)53/h1-3,8H,4,41-64H2/b2-1+,19-5-,20-7-. The highest BCUT2D eigenvalue weighted by atomic mass is 16.3. The molecule has 0 N–H and O–H groups in total. The minimum atomic E-state index is 0.502. The van der Waals surface area contributed by atoms with Gasteiger partial charge >= 0.3 is 0 Å². The number of hydrogen-bond donors (Lipinski definition) is 0. The average molecular weight is 810 g/mol. The van der Waals surface area contributed by atoms with E-state index in [0.717, 1.165) is 23.1 Å². The van der Waals surface area contributed by atoms with E-state index in [2.05, 4.69) is 207 Å². The normalized spacial score (nSPS) is 13.3. The van der Waals surface area contributed by atoms with E-state index >= 15 is 0 Å². The van der Waals surface area contributed by atoms with Crippen LogP contribution in [-0.4, -0.2) is 188 Å². The zero-order valence-electron chi connectivity index (χ0n) is 44.9. The lowest BCUT2D eigenvalue weighted by molar-refractivity contribution is 0.605. The van der Waals surface area contributed by atoms with Gasteiger partial charge in [0.1, 0.15) is 200 Å². The van der Waals surface area contributed by atoms with Gasteiger partial charge in [-0.3, -0.25) is 0 Å². The largest absolute Gasteiger partial charge is 0.458 e.